The molecule has 0 aromatic heterocycles. The summed E-state index contributed by atoms with van der Waals surface area (Å²) in [6, 6.07) is 3.66. The summed E-state index contributed by atoms with van der Waals surface area (Å²) in [6.07, 6.45) is 0. The van der Waals surface area contributed by atoms with E-state index in [0.29, 0.717) is 0 Å². The Morgan fingerprint density at radius 1 is 1.36 bits per heavy atom. The van der Waals surface area contributed by atoms with Gasteiger partial charge >= 0.3 is 0 Å². The van der Waals surface area contributed by atoms with E-state index < -0.39 is 27.3 Å². The molecule has 1 aliphatic heterocycles. The number of hydrogen-bond donors (Lipinski definition) is 1. The van der Waals surface area contributed by atoms with E-state index in [-0.39, 0.29) is 10.6 Å². The Labute approximate surface area is 79.7 Å². The molecule has 1 aromatic rings. The Morgan fingerprint density at radius 2 is 2.07 bits per heavy atom. The third-order valence-electron chi connectivity index (χ3n) is 1.90. The standard InChI is InChI=1S/C8H6FNO3S/c9-5-2-1-3-6-8(5)10-7(11)4-14(6,12)13/h1-3H,4H2,(H,10,11). The lowest BCUT2D eigenvalue weighted by Gasteiger charge is -2.16. The second-order valence-electron chi connectivity index (χ2n) is 2.92. The fourth-order valence-corrected chi connectivity index (χ4v) is 2.63. The van der Waals surface area contributed by atoms with Crippen LogP contribution in [0.1, 0.15) is 0 Å². The van der Waals surface area contributed by atoms with Gasteiger partial charge in [-0.2, -0.15) is 0 Å². The molecule has 0 unspecified atom stereocenters. The first-order valence-corrected chi connectivity index (χ1v) is 5.47. The van der Waals surface area contributed by atoms with Gasteiger partial charge in [-0.1, -0.05) is 6.07 Å². The zero-order chi connectivity index (χ0) is 10.3. The lowest BCUT2D eigenvalue weighted by atomic mass is 10.3. The number of carbonyl (C=O) groups excluding carboxylic acids is 1. The first kappa shape index (κ1) is 9.14. The van der Waals surface area contributed by atoms with Gasteiger partial charge in [-0.05, 0) is 12.1 Å². The average Bonchev–Trinajstić information content (AvgIpc) is 2.05. The van der Waals surface area contributed by atoms with E-state index >= 15 is 0 Å². The second kappa shape index (κ2) is 2.78. The molecule has 14 heavy (non-hydrogen) atoms. The van der Waals surface area contributed by atoms with Crippen LogP contribution in [0.2, 0.25) is 0 Å². The summed E-state index contributed by atoms with van der Waals surface area (Å²) < 4.78 is 35.9. The monoisotopic (exact) mass is 215 g/mol. The van der Waals surface area contributed by atoms with Crippen LogP contribution < -0.4 is 5.32 Å². The van der Waals surface area contributed by atoms with Crippen molar-refractivity contribution in [1.82, 2.24) is 0 Å². The number of para-hydroxylation sites is 1. The van der Waals surface area contributed by atoms with Gasteiger partial charge in [0, 0.05) is 0 Å². The van der Waals surface area contributed by atoms with Gasteiger partial charge in [0.25, 0.3) is 0 Å². The van der Waals surface area contributed by atoms with E-state index in [1.165, 1.54) is 12.1 Å². The predicted octanol–water partition coefficient (Wildman–Crippen LogP) is 0.552. The lowest BCUT2D eigenvalue weighted by Crippen LogP contribution is -2.29. The zero-order valence-electron chi connectivity index (χ0n) is 6.95. The number of amides is 1. The van der Waals surface area contributed by atoms with Gasteiger partial charge < -0.3 is 5.32 Å². The minimum absolute atomic E-state index is 0.155. The maximum absolute atomic E-state index is 13.1. The minimum Gasteiger partial charge on any atom is -0.322 e. The van der Waals surface area contributed by atoms with Crippen molar-refractivity contribution in [1.29, 1.82) is 0 Å². The van der Waals surface area contributed by atoms with E-state index in [4.69, 9.17) is 0 Å². The molecule has 1 amide bonds. The fourth-order valence-electron chi connectivity index (χ4n) is 1.31. The van der Waals surface area contributed by atoms with Crippen molar-refractivity contribution in [3.8, 4) is 0 Å². The molecule has 0 saturated heterocycles. The Hall–Kier alpha value is -1.43. The fraction of sp³-hybridized carbons (Fsp3) is 0.125. The van der Waals surface area contributed by atoms with Gasteiger partial charge in [0.05, 0.1) is 10.6 Å². The van der Waals surface area contributed by atoms with Crippen molar-refractivity contribution >= 4 is 21.4 Å². The molecule has 0 fully saturated rings. The Morgan fingerprint density at radius 3 is 2.79 bits per heavy atom. The average molecular weight is 215 g/mol. The van der Waals surface area contributed by atoms with Gasteiger partial charge in [0.2, 0.25) is 5.91 Å². The van der Waals surface area contributed by atoms with E-state index in [1.54, 1.807) is 0 Å². The van der Waals surface area contributed by atoms with Crippen LogP contribution in [-0.2, 0) is 14.6 Å². The first-order valence-electron chi connectivity index (χ1n) is 3.82. The Balaban J connectivity index is 2.76. The van der Waals surface area contributed by atoms with Crippen LogP contribution in [0.4, 0.5) is 10.1 Å². The van der Waals surface area contributed by atoms with E-state index in [1.807, 2.05) is 0 Å². The largest absolute Gasteiger partial charge is 0.322 e. The summed E-state index contributed by atoms with van der Waals surface area (Å²) in [5, 5.41) is 2.19. The van der Waals surface area contributed by atoms with Crippen LogP contribution in [-0.4, -0.2) is 20.1 Å². The normalized spacial score (nSPS) is 18.5. The summed E-state index contributed by atoms with van der Waals surface area (Å²) in [4.78, 5) is 10.8. The highest BCUT2D eigenvalue weighted by molar-refractivity contribution is 7.92. The van der Waals surface area contributed by atoms with E-state index in [2.05, 4.69) is 5.32 Å². The van der Waals surface area contributed by atoms with Gasteiger partial charge in [-0.25, -0.2) is 12.8 Å². The number of benzene rings is 1. The maximum atomic E-state index is 13.1. The third kappa shape index (κ3) is 1.27. The maximum Gasteiger partial charge on any atom is 0.240 e. The van der Waals surface area contributed by atoms with Crippen molar-refractivity contribution in [2.24, 2.45) is 0 Å². The Kier molecular flexibility index (Phi) is 1.81. The molecule has 0 saturated carbocycles. The summed E-state index contributed by atoms with van der Waals surface area (Å²) in [7, 11) is -3.67. The Bertz CT molecular complexity index is 509. The molecule has 1 aliphatic rings. The van der Waals surface area contributed by atoms with Crippen molar-refractivity contribution in [3.05, 3.63) is 24.0 Å². The molecule has 1 aromatic carbocycles. The summed E-state index contributed by atoms with van der Waals surface area (Å²) >= 11 is 0. The molecule has 0 radical (unpaired) electrons. The highest BCUT2D eigenvalue weighted by Gasteiger charge is 2.30. The molecular formula is C8H6FNO3S. The minimum atomic E-state index is -3.67. The van der Waals surface area contributed by atoms with Crippen LogP contribution in [0.15, 0.2) is 23.1 Å². The van der Waals surface area contributed by atoms with Crippen LogP contribution in [0.25, 0.3) is 0 Å². The summed E-state index contributed by atoms with van der Waals surface area (Å²) in [5.41, 5.74) is -0.247. The number of rotatable bonds is 0. The molecule has 0 atom stereocenters. The van der Waals surface area contributed by atoms with Gasteiger partial charge in [-0.15, -0.1) is 0 Å². The topological polar surface area (TPSA) is 63.2 Å². The number of hydrogen-bond acceptors (Lipinski definition) is 3. The zero-order valence-corrected chi connectivity index (χ0v) is 7.77. The molecule has 4 nitrogen and oxygen atoms in total. The van der Waals surface area contributed by atoms with Crippen LogP contribution in [0.5, 0.6) is 0 Å². The molecule has 0 aliphatic carbocycles. The smallest absolute Gasteiger partial charge is 0.240 e. The highest BCUT2D eigenvalue weighted by Crippen LogP contribution is 2.28. The molecule has 2 rings (SSSR count). The molecule has 0 spiro atoms. The molecule has 1 heterocycles. The van der Waals surface area contributed by atoms with E-state index in [9.17, 15) is 17.6 Å². The van der Waals surface area contributed by atoms with Gasteiger partial charge in [0.1, 0.15) is 11.6 Å². The summed E-state index contributed by atoms with van der Waals surface area (Å²) in [6.45, 7) is 0. The molecule has 74 valence electrons. The molecule has 1 N–H and O–H groups in total. The highest BCUT2D eigenvalue weighted by atomic mass is 32.2. The lowest BCUT2D eigenvalue weighted by molar-refractivity contribution is -0.114. The number of carbonyl (C=O) groups is 1. The van der Waals surface area contributed by atoms with Gasteiger partial charge in [-0.3, -0.25) is 4.79 Å². The third-order valence-corrected chi connectivity index (χ3v) is 3.55. The first-order chi connectivity index (χ1) is 6.50. The van der Waals surface area contributed by atoms with Crippen molar-refractivity contribution in [2.45, 2.75) is 4.90 Å². The second-order valence-corrected chi connectivity index (χ2v) is 4.88. The molecule has 6 heteroatoms. The van der Waals surface area contributed by atoms with Crippen LogP contribution >= 0.6 is 0 Å². The number of nitrogens with one attached hydrogen (secondary N) is 1. The van der Waals surface area contributed by atoms with Crippen molar-refractivity contribution < 1.29 is 17.6 Å². The van der Waals surface area contributed by atoms with Crippen molar-refractivity contribution in [2.75, 3.05) is 11.1 Å². The summed E-state index contributed by atoms with van der Waals surface area (Å²) in [5.74, 6) is -2.06. The number of fused-ring (bicyclic) bond motifs is 1. The molecule has 0 bridgehead atoms. The predicted molar refractivity (Wildman–Crippen MR) is 47.1 cm³/mol. The quantitative estimate of drug-likeness (QED) is 0.687. The van der Waals surface area contributed by atoms with Gasteiger partial charge in [0.15, 0.2) is 9.84 Å². The molecular weight excluding hydrogens is 209 g/mol. The van der Waals surface area contributed by atoms with Crippen LogP contribution in [0, 0.1) is 5.82 Å². The van der Waals surface area contributed by atoms with Crippen LogP contribution in [0.3, 0.4) is 0 Å². The number of sulfone groups is 1. The van der Waals surface area contributed by atoms with E-state index in [0.717, 1.165) is 6.07 Å². The number of halogens is 1. The van der Waals surface area contributed by atoms with Crippen molar-refractivity contribution in [3.63, 3.8) is 0 Å². The SMILES string of the molecule is O=C1CS(=O)(=O)c2cccc(F)c2N1. The number of anilines is 1.